The van der Waals surface area contributed by atoms with Gasteiger partial charge in [-0.2, -0.15) is 26.3 Å². The molecule has 3 N–H and O–H groups in total. The first-order valence-corrected chi connectivity index (χ1v) is 8.46. The lowest BCUT2D eigenvalue weighted by atomic mass is 10.0. The molecule has 0 aliphatic carbocycles. The van der Waals surface area contributed by atoms with Crippen LogP contribution in [-0.4, -0.2) is 22.7 Å². The number of carbonyl (C=O) groups excluding carboxylic acids is 3. The number of nitrogens with zero attached hydrogens (tertiary/aromatic N) is 1. The number of benzene rings is 1. The van der Waals surface area contributed by atoms with Crippen LogP contribution in [0, 0.1) is 0 Å². The van der Waals surface area contributed by atoms with E-state index in [0.29, 0.717) is 0 Å². The zero-order valence-corrected chi connectivity index (χ0v) is 15.4. The van der Waals surface area contributed by atoms with Crippen molar-refractivity contribution in [3.8, 4) is 0 Å². The summed E-state index contributed by atoms with van der Waals surface area (Å²) in [5.74, 6) is -2.63. The number of pyridine rings is 1. The number of rotatable bonds is 5. The molecule has 2 rings (SSSR count). The maximum atomic E-state index is 12.8. The summed E-state index contributed by atoms with van der Waals surface area (Å²) in [6.45, 7) is 0. The van der Waals surface area contributed by atoms with Crippen molar-refractivity contribution in [1.29, 1.82) is 0 Å². The molecule has 31 heavy (non-hydrogen) atoms. The van der Waals surface area contributed by atoms with Gasteiger partial charge in [0, 0.05) is 24.6 Å². The SMILES string of the molecule is O=C(CCC(=O)Nc1ccccn1)NNC(=O)c1cc(C(F)(F)F)cc(C(F)(F)F)c1. The molecule has 1 aromatic heterocycles. The molecule has 0 spiro atoms. The third kappa shape index (κ3) is 7.28. The first kappa shape index (κ1) is 23.6. The summed E-state index contributed by atoms with van der Waals surface area (Å²) >= 11 is 0. The van der Waals surface area contributed by atoms with E-state index >= 15 is 0 Å². The van der Waals surface area contributed by atoms with Gasteiger partial charge in [0.25, 0.3) is 5.91 Å². The van der Waals surface area contributed by atoms with E-state index in [1.807, 2.05) is 5.43 Å². The fourth-order valence-electron chi connectivity index (χ4n) is 2.22. The van der Waals surface area contributed by atoms with E-state index < -0.39 is 53.2 Å². The van der Waals surface area contributed by atoms with Crippen molar-refractivity contribution in [2.24, 2.45) is 0 Å². The van der Waals surface area contributed by atoms with Gasteiger partial charge in [-0.1, -0.05) is 6.07 Å². The summed E-state index contributed by atoms with van der Waals surface area (Å²) in [4.78, 5) is 39.2. The van der Waals surface area contributed by atoms with E-state index in [1.54, 1.807) is 17.6 Å². The number of aromatic nitrogens is 1. The Morgan fingerprint density at radius 3 is 1.90 bits per heavy atom. The van der Waals surface area contributed by atoms with Gasteiger partial charge in [-0.3, -0.25) is 25.2 Å². The third-order valence-electron chi connectivity index (χ3n) is 3.68. The van der Waals surface area contributed by atoms with Crippen molar-refractivity contribution < 1.29 is 40.7 Å². The van der Waals surface area contributed by atoms with Crippen LogP contribution in [0.4, 0.5) is 32.2 Å². The maximum Gasteiger partial charge on any atom is 0.416 e. The third-order valence-corrected chi connectivity index (χ3v) is 3.68. The molecule has 3 amide bonds. The molecule has 7 nitrogen and oxygen atoms in total. The molecule has 0 bridgehead atoms. The molecule has 1 aromatic carbocycles. The second-order valence-corrected chi connectivity index (χ2v) is 6.06. The highest BCUT2D eigenvalue weighted by molar-refractivity contribution is 5.96. The molecule has 0 atom stereocenters. The van der Waals surface area contributed by atoms with E-state index in [-0.39, 0.29) is 30.4 Å². The van der Waals surface area contributed by atoms with E-state index in [1.165, 1.54) is 12.3 Å². The van der Waals surface area contributed by atoms with Gasteiger partial charge >= 0.3 is 12.4 Å². The number of anilines is 1. The van der Waals surface area contributed by atoms with Gasteiger partial charge in [-0.05, 0) is 30.3 Å². The minimum atomic E-state index is -5.12. The summed E-state index contributed by atoms with van der Waals surface area (Å²) in [6, 6.07) is 5.04. The monoisotopic (exact) mass is 448 g/mol. The lowest BCUT2D eigenvalue weighted by molar-refractivity contribution is -0.143. The topological polar surface area (TPSA) is 100 Å². The second-order valence-electron chi connectivity index (χ2n) is 6.06. The lowest BCUT2D eigenvalue weighted by Crippen LogP contribution is -2.42. The standard InChI is InChI=1S/C18H14F6N4O3/c19-17(20,21)11-7-10(8-12(9-11)18(22,23)24)16(31)28-27-15(30)5-4-14(29)26-13-3-1-2-6-25-13/h1-3,6-9H,4-5H2,(H,27,30)(H,28,31)(H,25,26,29). The van der Waals surface area contributed by atoms with Gasteiger partial charge in [0.05, 0.1) is 11.1 Å². The normalized spacial score (nSPS) is 11.5. The van der Waals surface area contributed by atoms with Crippen molar-refractivity contribution >= 4 is 23.5 Å². The molecule has 13 heteroatoms. The zero-order chi connectivity index (χ0) is 23.2. The van der Waals surface area contributed by atoms with Gasteiger partial charge in [-0.25, -0.2) is 4.98 Å². The predicted molar refractivity (Wildman–Crippen MR) is 94.2 cm³/mol. The molecule has 0 saturated carbocycles. The van der Waals surface area contributed by atoms with Crippen molar-refractivity contribution in [1.82, 2.24) is 15.8 Å². The Morgan fingerprint density at radius 2 is 1.39 bits per heavy atom. The minimum absolute atomic E-state index is 0.129. The predicted octanol–water partition coefficient (Wildman–Crippen LogP) is 3.30. The Labute approximate surface area is 170 Å². The molecule has 0 unspecified atom stereocenters. The van der Waals surface area contributed by atoms with E-state index in [0.717, 1.165) is 0 Å². The number of amides is 3. The number of hydrogen-bond acceptors (Lipinski definition) is 4. The maximum absolute atomic E-state index is 12.8. The molecule has 0 fully saturated rings. The van der Waals surface area contributed by atoms with E-state index in [4.69, 9.17) is 0 Å². The van der Waals surface area contributed by atoms with Crippen molar-refractivity contribution in [2.45, 2.75) is 25.2 Å². The Bertz CT molecular complexity index is 929. The second kappa shape index (κ2) is 9.45. The number of carbonyl (C=O) groups is 3. The Morgan fingerprint density at radius 1 is 0.806 bits per heavy atom. The summed E-state index contributed by atoms with van der Waals surface area (Å²) in [5.41, 5.74) is -0.782. The van der Waals surface area contributed by atoms with Crippen LogP contribution in [0.3, 0.4) is 0 Å². The molecule has 1 heterocycles. The highest BCUT2D eigenvalue weighted by atomic mass is 19.4. The van der Waals surface area contributed by atoms with Crippen LogP contribution in [0.1, 0.15) is 34.3 Å². The smallest absolute Gasteiger partial charge is 0.311 e. The Balaban J connectivity index is 1.95. The first-order chi connectivity index (χ1) is 14.4. The van der Waals surface area contributed by atoms with Gasteiger partial charge in [-0.15, -0.1) is 0 Å². The number of hydrogen-bond donors (Lipinski definition) is 3. The fourth-order valence-corrected chi connectivity index (χ4v) is 2.22. The van der Waals surface area contributed by atoms with Gasteiger partial charge in [0.15, 0.2) is 0 Å². The molecule has 0 aliphatic heterocycles. The summed E-state index contributed by atoms with van der Waals surface area (Å²) < 4.78 is 77.0. The average Bonchev–Trinajstić information content (AvgIpc) is 2.69. The van der Waals surface area contributed by atoms with Crippen molar-refractivity contribution in [3.05, 3.63) is 59.3 Å². The molecule has 0 aliphatic rings. The minimum Gasteiger partial charge on any atom is -0.311 e. The average molecular weight is 448 g/mol. The molecule has 0 saturated heterocycles. The number of halogens is 6. The van der Waals surface area contributed by atoms with Crippen LogP contribution >= 0.6 is 0 Å². The van der Waals surface area contributed by atoms with Crippen LogP contribution in [0.2, 0.25) is 0 Å². The zero-order valence-electron chi connectivity index (χ0n) is 15.4. The quantitative estimate of drug-likeness (QED) is 0.483. The Hall–Kier alpha value is -3.64. The number of hydrazine groups is 1. The molecule has 166 valence electrons. The van der Waals surface area contributed by atoms with Crippen LogP contribution in [0.5, 0.6) is 0 Å². The van der Waals surface area contributed by atoms with Crippen molar-refractivity contribution in [2.75, 3.05) is 5.32 Å². The highest BCUT2D eigenvalue weighted by Gasteiger charge is 2.37. The molecular formula is C18H14F6N4O3. The van der Waals surface area contributed by atoms with Crippen LogP contribution in [0.25, 0.3) is 0 Å². The molecule has 0 radical (unpaired) electrons. The highest BCUT2D eigenvalue weighted by Crippen LogP contribution is 2.36. The van der Waals surface area contributed by atoms with E-state index in [9.17, 15) is 40.7 Å². The number of alkyl halides is 6. The Kier molecular flexibility index (Phi) is 7.20. The fraction of sp³-hybridized carbons (Fsp3) is 0.222. The molecular weight excluding hydrogens is 434 g/mol. The number of nitrogens with one attached hydrogen (secondary N) is 3. The van der Waals surface area contributed by atoms with Gasteiger partial charge in [0.2, 0.25) is 11.8 Å². The summed E-state index contributed by atoms with van der Waals surface area (Å²) in [6.07, 6.45) is -9.56. The van der Waals surface area contributed by atoms with Crippen LogP contribution in [-0.2, 0) is 21.9 Å². The first-order valence-electron chi connectivity index (χ1n) is 8.46. The van der Waals surface area contributed by atoms with Crippen molar-refractivity contribution in [3.63, 3.8) is 0 Å². The summed E-state index contributed by atoms with van der Waals surface area (Å²) in [5, 5.41) is 2.40. The van der Waals surface area contributed by atoms with E-state index in [2.05, 4.69) is 10.3 Å². The lowest BCUT2D eigenvalue weighted by Gasteiger charge is -2.14. The summed E-state index contributed by atoms with van der Waals surface area (Å²) in [7, 11) is 0. The van der Waals surface area contributed by atoms with Crippen LogP contribution < -0.4 is 16.2 Å². The molecule has 2 aromatic rings. The van der Waals surface area contributed by atoms with Gasteiger partial charge in [0.1, 0.15) is 5.82 Å². The van der Waals surface area contributed by atoms with Crippen LogP contribution in [0.15, 0.2) is 42.6 Å². The largest absolute Gasteiger partial charge is 0.416 e. The van der Waals surface area contributed by atoms with Gasteiger partial charge < -0.3 is 5.32 Å².